The first-order valence-electron chi connectivity index (χ1n) is 4.94. The van der Waals surface area contributed by atoms with Crippen LogP contribution in [0, 0.1) is 6.92 Å². The minimum absolute atomic E-state index is 0.0415. The number of hydrogen-bond acceptors (Lipinski definition) is 2. The number of Topliss-reactive ketones (excluding diaryl/α,β-unsaturated/α-hetero) is 1. The zero-order chi connectivity index (χ0) is 11.4. The minimum atomic E-state index is -0.556. The SMILES string of the molecule is CCOc1ccc(C(Cl)C(C)=O)cc1C. The van der Waals surface area contributed by atoms with E-state index in [1.54, 1.807) is 0 Å². The van der Waals surface area contributed by atoms with Gasteiger partial charge < -0.3 is 4.74 Å². The van der Waals surface area contributed by atoms with E-state index >= 15 is 0 Å². The lowest BCUT2D eigenvalue weighted by Crippen LogP contribution is -2.02. The van der Waals surface area contributed by atoms with Gasteiger partial charge in [-0.25, -0.2) is 0 Å². The van der Waals surface area contributed by atoms with Crippen molar-refractivity contribution < 1.29 is 9.53 Å². The van der Waals surface area contributed by atoms with Gasteiger partial charge in [0.2, 0.25) is 0 Å². The lowest BCUT2D eigenvalue weighted by Gasteiger charge is -2.11. The predicted molar refractivity (Wildman–Crippen MR) is 61.6 cm³/mol. The van der Waals surface area contributed by atoms with Crippen LogP contribution in [0.3, 0.4) is 0 Å². The molecule has 0 aromatic heterocycles. The largest absolute Gasteiger partial charge is 0.494 e. The fourth-order valence-electron chi connectivity index (χ4n) is 1.38. The van der Waals surface area contributed by atoms with E-state index < -0.39 is 5.38 Å². The van der Waals surface area contributed by atoms with Crippen molar-refractivity contribution in [3.63, 3.8) is 0 Å². The maximum Gasteiger partial charge on any atom is 0.152 e. The Kier molecular flexibility index (Phi) is 4.15. The van der Waals surface area contributed by atoms with Gasteiger partial charge in [-0.1, -0.05) is 12.1 Å². The summed E-state index contributed by atoms with van der Waals surface area (Å²) in [6, 6.07) is 5.58. The second-order valence-corrected chi connectivity index (χ2v) is 3.87. The molecule has 0 spiro atoms. The van der Waals surface area contributed by atoms with Crippen LogP contribution < -0.4 is 4.74 Å². The molecule has 0 bridgehead atoms. The van der Waals surface area contributed by atoms with E-state index in [1.165, 1.54) is 6.92 Å². The van der Waals surface area contributed by atoms with Gasteiger partial charge in [0.25, 0.3) is 0 Å². The molecule has 82 valence electrons. The molecule has 0 aliphatic carbocycles. The quantitative estimate of drug-likeness (QED) is 0.737. The Morgan fingerprint density at radius 3 is 2.67 bits per heavy atom. The monoisotopic (exact) mass is 226 g/mol. The van der Waals surface area contributed by atoms with E-state index in [0.717, 1.165) is 16.9 Å². The summed E-state index contributed by atoms with van der Waals surface area (Å²) in [4.78, 5) is 11.1. The van der Waals surface area contributed by atoms with Crippen LogP contribution in [0.25, 0.3) is 0 Å². The number of carbonyl (C=O) groups is 1. The van der Waals surface area contributed by atoms with Crippen LogP contribution in [0.5, 0.6) is 5.75 Å². The molecule has 1 unspecified atom stereocenters. The Morgan fingerprint density at radius 1 is 1.53 bits per heavy atom. The molecule has 0 fully saturated rings. The average molecular weight is 227 g/mol. The van der Waals surface area contributed by atoms with Crippen LogP contribution in [0.15, 0.2) is 18.2 Å². The molecule has 15 heavy (non-hydrogen) atoms. The number of aryl methyl sites for hydroxylation is 1. The van der Waals surface area contributed by atoms with Gasteiger partial charge in [0.05, 0.1) is 6.61 Å². The summed E-state index contributed by atoms with van der Waals surface area (Å²) in [5.74, 6) is 0.800. The molecule has 0 radical (unpaired) electrons. The van der Waals surface area contributed by atoms with Crippen molar-refractivity contribution in [2.75, 3.05) is 6.61 Å². The molecule has 1 rings (SSSR count). The van der Waals surface area contributed by atoms with Crippen molar-refractivity contribution >= 4 is 17.4 Å². The summed E-state index contributed by atoms with van der Waals surface area (Å²) in [5, 5.41) is -0.556. The molecule has 1 aromatic carbocycles. The number of rotatable bonds is 4. The van der Waals surface area contributed by atoms with Gasteiger partial charge in [0.1, 0.15) is 11.1 Å². The summed E-state index contributed by atoms with van der Waals surface area (Å²) < 4.78 is 5.40. The van der Waals surface area contributed by atoms with E-state index in [0.29, 0.717) is 6.61 Å². The zero-order valence-electron chi connectivity index (χ0n) is 9.21. The number of carbonyl (C=O) groups excluding carboxylic acids is 1. The van der Waals surface area contributed by atoms with Gasteiger partial charge >= 0.3 is 0 Å². The van der Waals surface area contributed by atoms with E-state index in [1.807, 2.05) is 32.0 Å². The molecule has 2 nitrogen and oxygen atoms in total. The van der Waals surface area contributed by atoms with Gasteiger partial charge in [-0.2, -0.15) is 0 Å². The first-order chi connectivity index (χ1) is 7.06. The molecular weight excluding hydrogens is 212 g/mol. The zero-order valence-corrected chi connectivity index (χ0v) is 9.97. The Labute approximate surface area is 95.2 Å². The average Bonchev–Trinajstić information content (AvgIpc) is 2.20. The van der Waals surface area contributed by atoms with E-state index in [4.69, 9.17) is 16.3 Å². The maximum absolute atomic E-state index is 11.1. The third-order valence-electron chi connectivity index (χ3n) is 2.15. The number of ether oxygens (including phenoxy) is 1. The third-order valence-corrected chi connectivity index (χ3v) is 2.71. The molecule has 1 atom stereocenters. The molecule has 0 aliphatic rings. The number of hydrogen-bond donors (Lipinski definition) is 0. The fourth-order valence-corrected chi connectivity index (χ4v) is 1.52. The van der Waals surface area contributed by atoms with Crippen LogP contribution in [-0.4, -0.2) is 12.4 Å². The highest BCUT2D eigenvalue weighted by atomic mass is 35.5. The number of alkyl halides is 1. The van der Waals surface area contributed by atoms with Crippen LogP contribution >= 0.6 is 11.6 Å². The van der Waals surface area contributed by atoms with E-state index in [9.17, 15) is 4.79 Å². The van der Waals surface area contributed by atoms with Crippen LogP contribution in [-0.2, 0) is 4.79 Å². The highest BCUT2D eigenvalue weighted by molar-refractivity contribution is 6.30. The fraction of sp³-hybridized carbons (Fsp3) is 0.417. The molecule has 0 aliphatic heterocycles. The molecule has 0 amide bonds. The Morgan fingerprint density at radius 2 is 2.20 bits per heavy atom. The number of halogens is 1. The highest BCUT2D eigenvalue weighted by Crippen LogP contribution is 2.26. The lowest BCUT2D eigenvalue weighted by atomic mass is 10.1. The molecule has 3 heteroatoms. The normalized spacial score (nSPS) is 12.3. The summed E-state index contributed by atoms with van der Waals surface area (Å²) in [6.07, 6.45) is 0. The van der Waals surface area contributed by atoms with Gasteiger partial charge in [0, 0.05) is 0 Å². The summed E-state index contributed by atoms with van der Waals surface area (Å²) in [7, 11) is 0. The van der Waals surface area contributed by atoms with Crippen LogP contribution in [0.4, 0.5) is 0 Å². The van der Waals surface area contributed by atoms with Crippen LogP contribution in [0.2, 0.25) is 0 Å². The smallest absolute Gasteiger partial charge is 0.152 e. The lowest BCUT2D eigenvalue weighted by molar-refractivity contribution is -0.116. The van der Waals surface area contributed by atoms with Crippen molar-refractivity contribution in [3.8, 4) is 5.75 Å². The van der Waals surface area contributed by atoms with E-state index in [-0.39, 0.29) is 5.78 Å². The first-order valence-corrected chi connectivity index (χ1v) is 5.37. The van der Waals surface area contributed by atoms with Gasteiger partial charge in [-0.15, -0.1) is 11.6 Å². The summed E-state index contributed by atoms with van der Waals surface area (Å²) in [5.41, 5.74) is 1.83. The standard InChI is InChI=1S/C12H15ClO2/c1-4-15-11-6-5-10(7-8(11)2)12(13)9(3)14/h5-7,12H,4H2,1-3H3. The van der Waals surface area contributed by atoms with Gasteiger partial charge in [0.15, 0.2) is 5.78 Å². The molecule has 0 heterocycles. The van der Waals surface area contributed by atoms with E-state index in [2.05, 4.69) is 0 Å². The predicted octanol–water partition coefficient (Wildman–Crippen LogP) is 3.26. The number of ketones is 1. The Balaban J connectivity index is 2.95. The number of benzene rings is 1. The van der Waals surface area contributed by atoms with Crippen molar-refractivity contribution in [1.82, 2.24) is 0 Å². The maximum atomic E-state index is 11.1. The van der Waals surface area contributed by atoms with Gasteiger partial charge in [-0.05, 0) is 38.0 Å². The molecule has 0 saturated heterocycles. The van der Waals surface area contributed by atoms with Crippen molar-refractivity contribution in [2.45, 2.75) is 26.1 Å². The Bertz CT molecular complexity index is 361. The van der Waals surface area contributed by atoms with Gasteiger partial charge in [-0.3, -0.25) is 4.79 Å². The highest BCUT2D eigenvalue weighted by Gasteiger charge is 2.13. The van der Waals surface area contributed by atoms with Crippen molar-refractivity contribution in [1.29, 1.82) is 0 Å². The second-order valence-electron chi connectivity index (χ2n) is 3.43. The first kappa shape index (κ1) is 12.1. The molecule has 1 aromatic rings. The van der Waals surface area contributed by atoms with Crippen molar-refractivity contribution in [3.05, 3.63) is 29.3 Å². The third kappa shape index (κ3) is 2.96. The van der Waals surface area contributed by atoms with Crippen LogP contribution in [0.1, 0.15) is 30.4 Å². The molecular formula is C12H15ClO2. The molecule has 0 N–H and O–H groups in total. The Hall–Kier alpha value is -1.02. The summed E-state index contributed by atoms with van der Waals surface area (Å²) in [6.45, 7) is 6.01. The summed E-state index contributed by atoms with van der Waals surface area (Å²) >= 11 is 5.95. The second kappa shape index (κ2) is 5.17. The van der Waals surface area contributed by atoms with Crippen molar-refractivity contribution in [2.24, 2.45) is 0 Å². The minimum Gasteiger partial charge on any atom is -0.494 e. The molecule has 0 saturated carbocycles. The topological polar surface area (TPSA) is 26.3 Å².